The molecule has 22 N–H and O–H groups in total. The lowest BCUT2D eigenvalue weighted by atomic mass is 9.97. The Morgan fingerprint density at radius 2 is 1.08 bits per heavy atom. The van der Waals surface area contributed by atoms with Gasteiger partial charge in [-0.1, -0.05) is 102 Å². The number of aldehydes is 1. The summed E-state index contributed by atoms with van der Waals surface area (Å²) in [5, 5.41) is 79.6. The zero-order chi connectivity index (χ0) is 100. The number of H-pyrrole nitrogens is 1. The number of aliphatic hydroxyl groups excluding tert-OH is 1. The molecule has 4 saturated heterocycles. The molecule has 0 radical (unpaired) electrons. The van der Waals surface area contributed by atoms with Gasteiger partial charge in [0.05, 0.1) is 31.5 Å². The molecule has 6 heterocycles. The number of carboxylic acids is 3. The molecule has 16 amide bonds. The number of aromatic hydroxyl groups is 1. The number of amides is 16. The first kappa shape index (κ1) is 107. The molecule has 0 bridgehead atoms. The molecule has 4 aliphatic heterocycles. The number of aliphatic carboxylic acids is 3. The third-order valence-corrected chi connectivity index (χ3v) is 25.0. The van der Waals surface area contributed by atoms with Crippen LogP contribution in [0.5, 0.6) is 5.75 Å². The third kappa shape index (κ3) is 28.8. The van der Waals surface area contributed by atoms with E-state index < -0.39 is 287 Å². The molecule has 5 aromatic rings. The Morgan fingerprint density at radius 1 is 0.526 bits per heavy atom. The van der Waals surface area contributed by atoms with Crippen molar-refractivity contribution in [3.05, 3.63) is 102 Å². The van der Waals surface area contributed by atoms with Crippen LogP contribution in [0.25, 0.3) is 21.8 Å². The van der Waals surface area contributed by atoms with Gasteiger partial charge >= 0.3 is 17.9 Å². The minimum Gasteiger partial charge on any atom is -0.508 e. The predicted molar refractivity (Wildman–Crippen MR) is 490 cm³/mol. The van der Waals surface area contributed by atoms with Crippen molar-refractivity contribution in [1.29, 1.82) is 0 Å². The van der Waals surface area contributed by atoms with E-state index in [9.17, 15) is 83.1 Å². The average molecular weight is 1910 g/mol. The van der Waals surface area contributed by atoms with Gasteiger partial charge in [-0.05, 0) is 118 Å². The van der Waals surface area contributed by atoms with Crippen molar-refractivity contribution in [3.63, 3.8) is 0 Å². The van der Waals surface area contributed by atoms with Crippen molar-refractivity contribution in [2.45, 2.75) is 266 Å². The van der Waals surface area contributed by atoms with Crippen molar-refractivity contribution in [3.8, 4) is 5.75 Å². The lowest BCUT2D eigenvalue weighted by molar-refractivity contribution is -0.149. The number of aliphatic hydroxyl groups is 1. The van der Waals surface area contributed by atoms with Crippen molar-refractivity contribution in [2.75, 3.05) is 46.8 Å². The standard InChI is InChI=1S/C92H126N20O25/c1-7-9-21-69-84(130)102-61(36-50(3)4)81(127)105-67(79(95)125)44-96-45-75(118)98-64(37-51-26-28-54(114)29-27-51)88(134)110-34-16-15-24-70(110)86(132)104-66(41-77(121)122)89(135)111-35-17-25-71(111)85(131)99-59(30-32-73(93)116)80(126)100-60(31-33-76(119)120)90(136)112-47-55(115)42-92(112,49-113)106-63(38-52-43-97-58-20-13-11-18-56(52)58)83(129)101-62(40-74(94)117)82(128)103-65(87(133)108(6)72(22-10-8-2)91(137)107(69)5)39-53-46-109(48-78(123)124)68-23-14-12-19-57(53)68/h11-14,18-20,23,26-29,43,46,49-50,55,59-67,69-72,96-97,106,114-115H,7-10,15-17,21-22,24-25,30-42,44-45,47-48H2,1-6H3,(H2,93,116)(H2,94,117)(H2,95,125)(H,98,118)(H,99,131)(H,100,126)(H,101,129)(H,102,130)(H,103,128)(H,104,132)(H,105,127)(H,119,120)(H,121,122)(H,123,124)/t55-,59+,60?,61+,62+,63+,64+,65+,66+,67+,69+,70+,71+,72+,92?/m1/s1. The number of carbonyl (C=O) groups excluding carboxylic acids is 17. The number of aromatic nitrogens is 2. The van der Waals surface area contributed by atoms with Gasteiger partial charge < -0.3 is 125 Å². The number of primary amides is 3. The van der Waals surface area contributed by atoms with E-state index in [2.05, 4.69) is 58.2 Å². The zero-order valence-electron chi connectivity index (χ0n) is 77.4. The second kappa shape index (κ2) is 49.5. The second-order valence-corrected chi connectivity index (χ2v) is 35.7. The fourth-order valence-corrected chi connectivity index (χ4v) is 17.9. The number of nitrogens with zero attached hydrogens (tertiary/aromatic N) is 6. The number of unbranched alkanes of at least 4 members (excludes halogenated alkanes) is 2. The van der Waals surface area contributed by atoms with Crippen LogP contribution in [0.4, 0.5) is 0 Å². The topological polar surface area (TPSA) is 678 Å². The number of rotatable bonds is 28. The summed E-state index contributed by atoms with van der Waals surface area (Å²) in [5.41, 5.74) is 16.7. The first-order chi connectivity index (χ1) is 65.0. The van der Waals surface area contributed by atoms with Crippen LogP contribution in [-0.4, -0.2) is 315 Å². The highest BCUT2D eigenvalue weighted by atomic mass is 16.4. The highest BCUT2D eigenvalue weighted by Crippen LogP contribution is 2.32. The van der Waals surface area contributed by atoms with Gasteiger partial charge in [-0.2, -0.15) is 0 Å². The Balaban J connectivity index is 1.14. The molecular weight excluding hydrogens is 1790 g/mol. The maximum absolute atomic E-state index is 16.0. The monoisotopic (exact) mass is 1910 g/mol. The fraction of sp³-hybridized carbons (Fsp3) is 0.543. The lowest BCUT2D eigenvalue weighted by Crippen LogP contribution is -2.67. The number of phenols is 1. The highest BCUT2D eigenvalue weighted by molar-refractivity contribution is 6.02. The smallest absolute Gasteiger partial charge is 0.323 e. The van der Waals surface area contributed by atoms with Crippen LogP contribution >= 0.6 is 0 Å². The summed E-state index contributed by atoms with van der Waals surface area (Å²) in [4.78, 5) is 297. The van der Waals surface area contributed by atoms with E-state index in [-0.39, 0.29) is 88.0 Å². The SMILES string of the molecule is CCCC[C@H]1C(=O)N(C)[C@@H](CCCC)C(=O)N[C@@H](CC(C)C)C(=O)N[C@H](C(N)=O)CNCC(=O)N[C@@H](Cc2ccc(O)cc2)C(=O)N2CCCC[C@H]2C(=O)N[C@@H](CC(=O)O)C(=O)N2CCC[C@H]2C(=O)N[C@@H](CCC(N)=O)C(=O)NC(CCC(=O)O)C(=O)N2C[C@H](O)CC2(C=O)N[C@@H](Cc2c[nH]c3ccccc23)C(=O)N[C@@H](CC(N)=O)C(=O)N[C@@H](Cc2cn(CC(=O)O)c3ccccc23)C(=O)N1C. The predicted octanol–water partition coefficient (Wildman–Crippen LogP) is -2.71. The first-order valence-electron chi connectivity index (χ1n) is 46.0. The number of piperidine rings is 1. The van der Waals surface area contributed by atoms with Crippen LogP contribution in [0.3, 0.4) is 0 Å². The number of hydrogen-bond donors (Lipinski definition) is 19. The third-order valence-electron chi connectivity index (χ3n) is 25.0. The molecule has 3 aromatic carbocycles. The van der Waals surface area contributed by atoms with E-state index in [1.54, 1.807) is 69.3 Å². The van der Waals surface area contributed by atoms with Crippen LogP contribution in [0.2, 0.25) is 0 Å². The normalized spacial score (nSPS) is 25.5. The molecule has 15 atom stereocenters. The zero-order valence-corrected chi connectivity index (χ0v) is 77.4. The number of aromatic amines is 1. The van der Waals surface area contributed by atoms with E-state index in [1.165, 1.54) is 55.3 Å². The summed E-state index contributed by atoms with van der Waals surface area (Å²) in [5.74, 6) is -22.0. The minimum atomic E-state index is -2.56. The molecule has 744 valence electrons. The Hall–Kier alpha value is -14.0. The summed E-state index contributed by atoms with van der Waals surface area (Å²) >= 11 is 0. The van der Waals surface area contributed by atoms with Crippen LogP contribution in [-0.2, 0) is 122 Å². The van der Waals surface area contributed by atoms with Gasteiger partial charge in [-0.15, -0.1) is 0 Å². The highest BCUT2D eigenvalue weighted by Gasteiger charge is 2.53. The molecule has 4 fully saturated rings. The number of benzene rings is 3. The largest absolute Gasteiger partial charge is 0.508 e. The van der Waals surface area contributed by atoms with Crippen molar-refractivity contribution >= 4 is 141 Å². The number of nitrogens with one attached hydrogen (secondary N) is 11. The van der Waals surface area contributed by atoms with Crippen molar-refractivity contribution in [2.24, 2.45) is 23.1 Å². The molecule has 2 unspecified atom stereocenters. The average Bonchev–Trinajstić information content (AvgIpc) is 1.52. The quantitative estimate of drug-likeness (QED) is 0.0226. The fourth-order valence-electron chi connectivity index (χ4n) is 17.9. The number of carboxylic acid groups (broad SMARTS) is 3. The summed E-state index contributed by atoms with van der Waals surface area (Å²) in [6.07, 6.45) is -4.07. The Kier molecular flexibility index (Phi) is 38.5. The number of carbonyl (C=O) groups is 20. The summed E-state index contributed by atoms with van der Waals surface area (Å²) in [7, 11) is 2.58. The van der Waals surface area contributed by atoms with Gasteiger partial charge in [-0.3, -0.25) is 101 Å². The summed E-state index contributed by atoms with van der Waals surface area (Å²) < 4.78 is 1.37. The lowest BCUT2D eigenvalue weighted by Gasteiger charge is -2.39. The molecule has 2 aromatic heterocycles. The number of para-hydroxylation sites is 2. The molecule has 45 heteroatoms. The van der Waals surface area contributed by atoms with Crippen LogP contribution in [0.15, 0.2) is 85.2 Å². The van der Waals surface area contributed by atoms with Crippen LogP contribution < -0.4 is 70.4 Å². The number of hydrogen-bond acceptors (Lipinski definition) is 24. The van der Waals surface area contributed by atoms with Crippen LogP contribution in [0, 0.1) is 5.92 Å². The van der Waals surface area contributed by atoms with E-state index in [0.29, 0.717) is 65.0 Å². The minimum absolute atomic E-state index is 0.0289. The van der Waals surface area contributed by atoms with Gasteiger partial charge in [0.15, 0.2) is 11.9 Å². The number of phenolic OH excluding ortho intramolecular Hbond substituents is 1. The van der Waals surface area contributed by atoms with E-state index in [4.69, 9.17) is 17.2 Å². The summed E-state index contributed by atoms with van der Waals surface area (Å²) in [6, 6.07) is -3.47. The van der Waals surface area contributed by atoms with Crippen molar-refractivity contribution < 1.29 is 121 Å². The van der Waals surface area contributed by atoms with Gasteiger partial charge in [0.2, 0.25) is 94.5 Å². The summed E-state index contributed by atoms with van der Waals surface area (Å²) in [6.45, 7) is 4.11. The molecule has 0 spiro atoms. The molecule has 45 nitrogen and oxygen atoms in total. The molecule has 4 aliphatic rings. The number of fused-ring (bicyclic) bond motifs is 5. The molecule has 137 heavy (non-hydrogen) atoms. The maximum Gasteiger partial charge on any atom is 0.323 e. The van der Waals surface area contributed by atoms with Gasteiger partial charge in [0.1, 0.15) is 84.8 Å². The van der Waals surface area contributed by atoms with Gasteiger partial charge in [-0.25, -0.2) is 0 Å². The molecule has 0 aliphatic carbocycles. The second-order valence-electron chi connectivity index (χ2n) is 35.7. The molecular formula is C92H126N20O25. The van der Waals surface area contributed by atoms with Gasteiger partial charge in [0, 0.05) is 107 Å². The number of nitrogens with two attached hydrogens (primary N) is 3. The Morgan fingerprint density at radius 3 is 1.71 bits per heavy atom. The van der Waals surface area contributed by atoms with E-state index >= 15 is 38.4 Å². The van der Waals surface area contributed by atoms with E-state index in [1.807, 2.05) is 6.92 Å². The van der Waals surface area contributed by atoms with Gasteiger partial charge in [0.25, 0.3) is 0 Å². The Bertz CT molecular complexity index is 5280. The number of likely N-dealkylation sites (N-methyl/N-ethyl adjacent to an activating group) is 2. The molecule has 0 saturated carbocycles. The van der Waals surface area contributed by atoms with Crippen molar-refractivity contribution in [1.82, 2.24) is 87.2 Å². The van der Waals surface area contributed by atoms with E-state index in [0.717, 1.165) is 24.5 Å². The Labute approximate surface area is 789 Å². The van der Waals surface area contributed by atoms with Crippen LogP contribution in [0.1, 0.15) is 166 Å². The maximum atomic E-state index is 16.0. The first-order valence-corrected chi connectivity index (χ1v) is 46.0. The molecule has 9 rings (SSSR count).